The number of anilines is 2. The molecule has 2 fully saturated rings. The van der Waals surface area contributed by atoms with Crippen molar-refractivity contribution < 1.29 is 9.59 Å². The van der Waals surface area contributed by atoms with Crippen LogP contribution in [-0.2, 0) is 9.59 Å². The summed E-state index contributed by atoms with van der Waals surface area (Å²) in [4.78, 5) is 23.3. The molecule has 0 aliphatic carbocycles. The van der Waals surface area contributed by atoms with E-state index < -0.39 is 5.92 Å². The standard InChI is InChI=1S/C18H25N5O2/c1-20-15-10-12(22-11-6-8-21-9-7-11)2-3-13(15)17(19)14-4-5-16(24)23-18(14)25/h2-3,10-11,14,19-22H,4-9H2,1H3,(H,23,24,25). The molecule has 2 amide bonds. The van der Waals surface area contributed by atoms with Crippen molar-refractivity contribution in [3.63, 3.8) is 0 Å². The second-order valence-electron chi connectivity index (χ2n) is 6.60. The summed E-state index contributed by atoms with van der Waals surface area (Å²) in [5, 5.41) is 20.8. The molecule has 1 unspecified atom stereocenters. The maximum atomic E-state index is 12.0. The SMILES string of the molecule is CNc1cc(NC2CCNCC2)ccc1C(=N)C1CCC(=O)NC1=O. The summed E-state index contributed by atoms with van der Waals surface area (Å²) in [5.41, 5.74) is 2.78. The van der Waals surface area contributed by atoms with Crippen LogP contribution in [0.15, 0.2) is 18.2 Å². The predicted molar refractivity (Wildman–Crippen MR) is 98.2 cm³/mol. The minimum absolute atomic E-state index is 0.253. The Morgan fingerprint density at radius 3 is 2.64 bits per heavy atom. The fourth-order valence-corrected chi connectivity index (χ4v) is 3.43. The number of hydrogen-bond acceptors (Lipinski definition) is 6. The first-order valence-electron chi connectivity index (χ1n) is 8.80. The second-order valence-corrected chi connectivity index (χ2v) is 6.60. The molecule has 1 aromatic carbocycles. The van der Waals surface area contributed by atoms with Crippen LogP contribution in [0.5, 0.6) is 0 Å². The average Bonchev–Trinajstić information content (AvgIpc) is 2.62. The number of hydrogen-bond donors (Lipinski definition) is 5. The van der Waals surface area contributed by atoms with E-state index in [1.54, 1.807) is 0 Å². The third-order valence-electron chi connectivity index (χ3n) is 4.88. The van der Waals surface area contributed by atoms with Crippen molar-refractivity contribution >= 4 is 28.9 Å². The lowest BCUT2D eigenvalue weighted by Gasteiger charge is -2.26. The van der Waals surface area contributed by atoms with Gasteiger partial charge in [0.1, 0.15) is 0 Å². The molecular weight excluding hydrogens is 318 g/mol. The molecule has 0 spiro atoms. The van der Waals surface area contributed by atoms with Gasteiger partial charge >= 0.3 is 0 Å². The van der Waals surface area contributed by atoms with Gasteiger partial charge in [-0.15, -0.1) is 0 Å². The van der Waals surface area contributed by atoms with Gasteiger partial charge in [0.05, 0.1) is 11.6 Å². The van der Waals surface area contributed by atoms with Crippen LogP contribution < -0.4 is 21.3 Å². The third kappa shape index (κ3) is 3.99. The largest absolute Gasteiger partial charge is 0.388 e. The Labute approximate surface area is 147 Å². The minimum Gasteiger partial charge on any atom is -0.388 e. The average molecular weight is 343 g/mol. The number of carbonyl (C=O) groups excluding carboxylic acids is 2. The van der Waals surface area contributed by atoms with E-state index in [1.807, 2.05) is 25.2 Å². The smallest absolute Gasteiger partial charge is 0.235 e. The molecule has 2 aliphatic rings. The molecule has 0 radical (unpaired) electrons. The molecule has 25 heavy (non-hydrogen) atoms. The summed E-state index contributed by atoms with van der Waals surface area (Å²) in [6.07, 6.45) is 2.84. The molecule has 0 bridgehead atoms. The van der Waals surface area contributed by atoms with E-state index in [4.69, 9.17) is 5.41 Å². The Morgan fingerprint density at radius 1 is 1.20 bits per heavy atom. The highest BCUT2D eigenvalue weighted by Gasteiger charge is 2.31. The zero-order valence-electron chi connectivity index (χ0n) is 14.4. The van der Waals surface area contributed by atoms with Crippen LogP contribution in [0.2, 0.25) is 0 Å². The van der Waals surface area contributed by atoms with Gasteiger partial charge in [-0.2, -0.15) is 0 Å². The van der Waals surface area contributed by atoms with Gasteiger partial charge in [0.25, 0.3) is 0 Å². The normalized spacial score (nSPS) is 21.6. The van der Waals surface area contributed by atoms with Crippen molar-refractivity contribution in [2.24, 2.45) is 5.92 Å². The first kappa shape index (κ1) is 17.4. The summed E-state index contributed by atoms with van der Waals surface area (Å²) in [6, 6.07) is 6.27. The van der Waals surface area contributed by atoms with E-state index >= 15 is 0 Å². The van der Waals surface area contributed by atoms with Gasteiger partial charge in [-0.3, -0.25) is 14.9 Å². The lowest BCUT2D eigenvalue weighted by molar-refractivity contribution is -0.134. The summed E-state index contributed by atoms with van der Waals surface area (Å²) >= 11 is 0. The van der Waals surface area contributed by atoms with Crippen molar-refractivity contribution in [3.8, 4) is 0 Å². The molecule has 5 N–H and O–H groups in total. The van der Waals surface area contributed by atoms with E-state index in [0.29, 0.717) is 18.0 Å². The van der Waals surface area contributed by atoms with Gasteiger partial charge in [0.2, 0.25) is 11.8 Å². The van der Waals surface area contributed by atoms with Crippen LogP contribution in [-0.4, -0.2) is 43.7 Å². The molecule has 2 saturated heterocycles. The topological polar surface area (TPSA) is 106 Å². The maximum Gasteiger partial charge on any atom is 0.235 e. The highest BCUT2D eigenvalue weighted by atomic mass is 16.2. The fraction of sp³-hybridized carbons (Fsp3) is 0.500. The minimum atomic E-state index is -0.576. The first-order valence-corrected chi connectivity index (χ1v) is 8.80. The van der Waals surface area contributed by atoms with Crippen molar-refractivity contribution in [3.05, 3.63) is 23.8 Å². The van der Waals surface area contributed by atoms with Gasteiger partial charge in [0.15, 0.2) is 0 Å². The molecule has 0 saturated carbocycles. The molecule has 3 rings (SSSR count). The monoisotopic (exact) mass is 343 g/mol. The number of nitrogens with one attached hydrogen (secondary N) is 5. The Kier molecular flexibility index (Phi) is 5.33. The molecule has 7 heteroatoms. The van der Waals surface area contributed by atoms with E-state index in [1.165, 1.54) is 0 Å². The summed E-state index contributed by atoms with van der Waals surface area (Å²) in [5.74, 6) is -1.21. The Balaban J connectivity index is 1.75. The Morgan fingerprint density at radius 2 is 1.96 bits per heavy atom. The van der Waals surface area contributed by atoms with Crippen molar-refractivity contribution in [2.45, 2.75) is 31.7 Å². The zero-order valence-corrected chi connectivity index (χ0v) is 14.4. The van der Waals surface area contributed by atoms with Crippen LogP contribution in [0, 0.1) is 11.3 Å². The van der Waals surface area contributed by atoms with Crippen molar-refractivity contribution in [1.29, 1.82) is 5.41 Å². The Hall–Kier alpha value is -2.41. The van der Waals surface area contributed by atoms with Gasteiger partial charge in [-0.05, 0) is 50.6 Å². The van der Waals surface area contributed by atoms with Crippen molar-refractivity contribution in [1.82, 2.24) is 10.6 Å². The van der Waals surface area contributed by atoms with E-state index in [0.717, 1.165) is 37.3 Å². The summed E-state index contributed by atoms with van der Waals surface area (Å²) in [7, 11) is 1.81. The summed E-state index contributed by atoms with van der Waals surface area (Å²) in [6.45, 7) is 2.05. The van der Waals surface area contributed by atoms with Gasteiger partial charge in [-0.1, -0.05) is 0 Å². The van der Waals surface area contributed by atoms with Gasteiger partial charge < -0.3 is 21.4 Å². The van der Waals surface area contributed by atoms with Crippen LogP contribution in [0.4, 0.5) is 11.4 Å². The molecule has 2 aliphatic heterocycles. The lowest BCUT2D eigenvalue weighted by atomic mass is 9.88. The lowest BCUT2D eigenvalue weighted by Crippen LogP contribution is -2.44. The Bertz CT molecular complexity index is 682. The molecule has 2 heterocycles. The molecule has 1 aromatic rings. The molecule has 7 nitrogen and oxygen atoms in total. The quantitative estimate of drug-likeness (QED) is 0.409. The number of piperidine rings is 2. The van der Waals surface area contributed by atoms with Crippen LogP contribution >= 0.6 is 0 Å². The maximum absolute atomic E-state index is 12.0. The van der Waals surface area contributed by atoms with Crippen LogP contribution in [0.25, 0.3) is 0 Å². The molecular formula is C18H25N5O2. The van der Waals surface area contributed by atoms with Crippen LogP contribution in [0.3, 0.4) is 0 Å². The zero-order chi connectivity index (χ0) is 17.8. The highest BCUT2D eigenvalue weighted by molar-refractivity contribution is 6.17. The third-order valence-corrected chi connectivity index (χ3v) is 4.88. The van der Waals surface area contributed by atoms with E-state index in [9.17, 15) is 9.59 Å². The van der Waals surface area contributed by atoms with Gasteiger partial charge in [0, 0.05) is 36.4 Å². The highest BCUT2D eigenvalue weighted by Crippen LogP contribution is 2.27. The van der Waals surface area contributed by atoms with E-state index in [2.05, 4.69) is 21.3 Å². The van der Waals surface area contributed by atoms with Crippen molar-refractivity contribution in [2.75, 3.05) is 30.8 Å². The number of benzene rings is 1. The molecule has 0 aromatic heterocycles. The van der Waals surface area contributed by atoms with Crippen LogP contribution in [0.1, 0.15) is 31.2 Å². The molecule has 1 atom stereocenters. The number of rotatable bonds is 5. The number of carbonyl (C=O) groups is 2. The predicted octanol–water partition coefficient (Wildman–Crippen LogP) is 1.31. The number of amides is 2. The second kappa shape index (κ2) is 7.65. The fourth-order valence-electron chi connectivity index (χ4n) is 3.43. The number of imide groups is 1. The molecule has 134 valence electrons. The van der Waals surface area contributed by atoms with E-state index in [-0.39, 0.29) is 23.9 Å². The van der Waals surface area contributed by atoms with Gasteiger partial charge in [-0.25, -0.2) is 0 Å². The summed E-state index contributed by atoms with van der Waals surface area (Å²) < 4.78 is 0. The first-order chi connectivity index (χ1) is 12.1.